The van der Waals surface area contributed by atoms with Crippen LogP contribution in [0.3, 0.4) is 0 Å². The van der Waals surface area contributed by atoms with E-state index in [0.717, 1.165) is 44.0 Å². The van der Waals surface area contributed by atoms with Crippen LogP contribution in [0.2, 0.25) is 0 Å². The molecule has 2 aromatic carbocycles. The lowest BCUT2D eigenvalue weighted by Crippen LogP contribution is -2.60. The number of aryl methyl sites for hydroxylation is 1. The number of hydrogen-bond donors (Lipinski definition) is 2. The Morgan fingerprint density at radius 3 is 2.16 bits per heavy atom. The van der Waals surface area contributed by atoms with Crippen molar-refractivity contribution >= 4 is 35.6 Å². The number of nitro benzene ring substituents is 1. The van der Waals surface area contributed by atoms with Gasteiger partial charge in [-0.05, 0) is 36.4 Å². The molecule has 2 aromatic rings. The lowest BCUT2D eigenvalue weighted by Gasteiger charge is -2.40. The van der Waals surface area contributed by atoms with Gasteiger partial charge in [-0.15, -0.1) is 5.01 Å². The van der Waals surface area contributed by atoms with Gasteiger partial charge >= 0.3 is 0 Å². The highest BCUT2D eigenvalue weighted by atomic mass is 32.1. The SMILES string of the molecule is Cc1ccc([N+](O)(S)N2CCN(c3cc(N4CCCCC4)c(F)cc3[N+](=O)[O-])CC2)cc1. The Hall–Kier alpha value is -2.40. The fourth-order valence-corrected chi connectivity index (χ4v) is 4.75. The van der Waals surface area contributed by atoms with Crippen molar-refractivity contribution in [2.45, 2.75) is 26.2 Å². The lowest BCUT2D eigenvalue weighted by atomic mass is 10.1. The molecule has 32 heavy (non-hydrogen) atoms. The minimum absolute atomic E-state index is 0.231. The third-order valence-electron chi connectivity index (χ3n) is 6.31. The third-order valence-corrected chi connectivity index (χ3v) is 6.79. The van der Waals surface area contributed by atoms with Crippen LogP contribution in [0.25, 0.3) is 0 Å². The number of piperidine rings is 1. The number of rotatable bonds is 5. The molecule has 0 saturated carbocycles. The van der Waals surface area contributed by atoms with E-state index in [2.05, 4.69) is 12.8 Å². The average molecular weight is 463 g/mol. The molecular formula is C22H29FN5O3S+. The molecule has 2 heterocycles. The molecule has 2 fully saturated rings. The predicted octanol–water partition coefficient (Wildman–Crippen LogP) is 4.31. The van der Waals surface area contributed by atoms with Gasteiger partial charge in [-0.1, -0.05) is 17.7 Å². The van der Waals surface area contributed by atoms with Crippen molar-refractivity contribution in [1.82, 2.24) is 9.17 Å². The highest BCUT2D eigenvalue weighted by molar-refractivity contribution is 7.79. The van der Waals surface area contributed by atoms with Crippen LogP contribution in [0, 0.1) is 22.9 Å². The summed E-state index contributed by atoms with van der Waals surface area (Å²) in [7, 11) is 0. The molecule has 2 saturated heterocycles. The van der Waals surface area contributed by atoms with Gasteiger partial charge in [0.2, 0.25) is 0 Å². The van der Waals surface area contributed by atoms with E-state index in [1.165, 1.54) is 0 Å². The smallest absolute Gasteiger partial charge is 0.295 e. The van der Waals surface area contributed by atoms with Gasteiger partial charge in [0, 0.05) is 38.3 Å². The Kier molecular flexibility index (Phi) is 6.57. The van der Waals surface area contributed by atoms with Gasteiger partial charge in [-0.25, -0.2) is 4.39 Å². The molecule has 1 unspecified atom stereocenters. The first kappa shape index (κ1) is 22.8. The first-order valence-electron chi connectivity index (χ1n) is 10.9. The summed E-state index contributed by atoms with van der Waals surface area (Å²) in [5.41, 5.74) is 2.31. The summed E-state index contributed by atoms with van der Waals surface area (Å²) in [6.07, 6.45) is 3.09. The van der Waals surface area contributed by atoms with Crippen LogP contribution in [-0.4, -0.2) is 54.4 Å². The quantitative estimate of drug-likeness (QED) is 0.299. The van der Waals surface area contributed by atoms with Crippen LogP contribution in [0.15, 0.2) is 36.4 Å². The number of thiol groups is 1. The fourth-order valence-electron chi connectivity index (χ4n) is 4.44. The second-order valence-corrected chi connectivity index (χ2v) is 9.00. The van der Waals surface area contributed by atoms with Crippen LogP contribution < -0.4 is 14.0 Å². The summed E-state index contributed by atoms with van der Waals surface area (Å²) in [6, 6.07) is 10.1. The number of quaternary nitrogens is 1. The van der Waals surface area contributed by atoms with Gasteiger partial charge in [-0.3, -0.25) is 10.1 Å². The molecule has 0 aromatic heterocycles. The highest BCUT2D eigenvalue weighted by Gasteiger charge is 2.38. The molecule has 0 aliphatic carbocycles. The summed E-state index contributed by atoms with van der Waals surface area (Å²) in [4.78, 5) is 15.0. The van der Waals surface area contributed by atoms with Gasteiger partial charge in [0.25, 0.3) is 5.69 Å². The number of anilines is 2. The second-order valence-electron chi connectivity index (χ2n) is 8.44. The molecule has 1 atom stereocenters. The standard InChI is InChI=1S/C22H29FN5O3S/c1-17-5-7-18(8-6-17)28(31,32)26-13-11-25(12-14-26)21-16-20(24-9-3-2-4-10-24)19(23)15-22(21)27(29)30/h5-8,15-16,31-32H,2-4,9-14H2,1H3/q+1. The Labute approximate surface area is 192 Å². The molecule has 1 N–H and O–H groups in total. The maximum atomic E-state index is 14.8. The fraction of sp³-hybridized carbons (Fsp3) is 0.455. The van der Waals surface area contributed by atoms with E-state index in [9.17, 15) is 19.7 Å². The molecule has 8 nitrogen and oxygen atoms in total. The van der Waals surface area contributed by atoms with Gasteiger partial charge in [0.15, 0.2) is 11.5 Å². The summed E-state index contributed by atoms with van der Waals surface area (Å²) in [6.45, 7) is 5.23. The van der Waals surface area contributed by atoms with Crippen LogP contribution >= 0.6 is 12.8 Å². The molecule has 0 bridgehead atoms. The maximum absolute atomic E-state index is 14.8. The molecule has 10 heteroatoms. The Morgan fingerprint density at radius 2 is 1.56 bits per heavy atom. The second kappa shape index (κ2) is 9.22. The van der Waals surface area contributed by atoms with Crippen molar-refractivity contribution in [3.8, 4) is 0 Å². The van der Waals surface area contributed by atoms with Crippen LogP contribution in [0.1, 0.15) is 24.8 Å². The third kappa shape index (κ3) is 4.54. The Balaban J connectivity index is 1.55. The average Bonchev–Trinajstić information content (AvgIpc) is 2.80. The van der Waals surface area contributed by atoms with Crippen molar-refractivity contribution in [1.29, 1.82) is 0 Å². The molecule has 2 aliphatic heterocycles. The number of halogens is 1. The molecule has 4 rings (SSSR count). The zero-order valence-corrected chi connectivity index (χ0v) is 19.0. The van der Waals surface area contributed by atoms with E-state index in [0.29, 0.717) is 43.2 Å². The first-order valence-corrected chi connectivity index (χ1v) is 11.3. The molecular weight excluding hydrogens is 433 g/mol. The predicted molar refractivity (Wildman–Crippen MR) is 127 cm³/mol. The van der Waals surface area contributed by atoms with Crippen LogP contribution in [-0.2, 0) is 0 Å². The molecule has 0 radical (unpaired) electrons. The van der Waals surface area contributed by atoms with E-state index >= 15 is 0 Å². The number of nitro groups is 1. The molecule has 172 valence electrons. The topological polar surface area (TPSA) is 73.1 Å². The summed E-state index contributed by atoms with van der Waals surface area (Å²) < 4.78 is 14.1. The van der Waals surface area contributed by atoms with Crippen molar-refractivity contribution in [3.63, 3.8) is 0 Å². The molecule has 0 amide bonds. The van der Waals surface area contributed by atoms with E-state index < -0.39 is 14.9 Å². The van der Waals surface area contributed by atoms with E-state index in [1.54, 1.807) is 11.1 Å². The number of hydrogen-bond acceptors (Lipinski definition) is 7. The van der Waals surface area contributed by atoms with E-state index in [4.69, 9.17) is 0 Å². The highest BCUT2D eigenvalue weighted by Crippen LogP contribution is 2.37. The Bertz CT molecular complexity index is 974. The lowest BCUT2D eigenvalue weighted by molar-refractivity contribution is -0.384. The Morgan fingerprint density at radius 1 is 0.969 bits per heavy atom. The minimum atomic E-state index is -0.682. The summed E-state index contributed by atoms with van der Waals surface area (Å²) in [5, 5.41) is 24.5. The normalized spacial score (nSPS) is 19.6. The van der Waals surface area contributed by atoms with E-state index in [1.807, 2.05) is 41.0 Å². The monoisotopic (exact) mass is 462 g/mol. The van der Waals surface area contributed by atoms with E-state index in [-0.39, 0.29) is 5.69 Å². The van der Waals surface area contributed by atoms with Gasteiger partial charge in [-0.2, -0.15) is 5.21 Å². The van der Waals surface area contributed by atoms with Gasteiger partial charge in [0.1, 0.15) is 18.5 Å². The largest absolute Gasteiger partial charge is 0.369 e. The maximum Gasteiger partial charge on any atom is 0.295 e. The number of nitrogens with zero attached hydrogens (tertiary/aromatic N) is 5. The van der Waals surface area contributed by atoms with Crippen molar-refractivity contribution in [2.24, 2.45) is 0 Å². The zero-order valence-electron chi connectivity index (χ0n) is 18.2. The van der Waals surface area contributed by atoms with Crippen LogP contribution in [0.4, 0.5) is 27.1 Å². The molecule has 2 aliphatic rings. The summed E-state index contributed by atoms with van der Waals surface area (Å²) in [5.74, 6) is -0.554. The van der Waals surface area contributed by atoms with Crippen molar-refractivity contribution in [3.05, 3.63) is 57.9 Å². The summed E-state index contributed by atoms with van der Waals surface area (Å²) >= 11 is 4.46. The first-order chi connectivity index (χ1) is 15.3. The van der Waals surface area contributed by atoms with Gasteiger partial charge in [0.05, 0.1) is 29.8 Å². The minimum Gasteiger partial charge on any atom is -0.369 e. The zero-order chi connectivity index (χ0) is 22.9. The van der Waals surface area contributed by atoms with Crippen LogP contribution in [0.5, 0.6) is 0 Å². The number of piperazine rings is 1. The number of benzene rings is 2. The van der Waals surface area contributed by atoms with Gasteiger partial charge < -0.3 is 9.80 Å². The van der Waals surface area contributed by atoms with Crippen molar-refractivity contribution in [2.75, 3.05) is 49.1 Å². The molecule has 0 spiro atoms. The van der Waals surface area contributed by atoms with Crippen molar-refractivity contribution < 1.29 is 14.5 Å².